The second kappa shape index (κ2) is 7.79. The number of hydrogen-bond acceptors (Lipinski definition) is 5. The van der Waals surface area contributed by atoms with E-state index in [9.17, 15) is 9.59 Å². The highest BCUT2D eigenvalue weighted by Crippen LogP contribution is 2.32. The summed E-state index contributed by atoms with van der Waals surface area (Å²) >= 11 is 0. The molecule has 7 heteroatoms. The molecule has 0 fully saturated rings. The minimum absolute atomic E-state index is 0.136. The Balaban J connectivity index is 1.32. The van der Waals surface area contributed by atoms with E-state index in [1.54, 1.807) is 24.4 Å². The number of carbonyl (C=O) groups is 2. The summed E-state index contributed by atoms with van der Waals surface area (Å²) in [5.74, 6) is 0.297. The van der Waals surface area contributed by atoms with Crippen molar-refractivity contribution in [3.05, 3.63) is 71.8 Å². The average Bonchev–Trinajstić information content (AvgIpc) is 3.20. The van der Waals surface area contributed by atoms with Crippen LogP contribution >= 0.6 is 0 Å². The van der Waals surface area contributed by atoms with Crippen molar-refractivity contribution < 1.29 is 19.1 Å². The third kappa shape index (κ3) is 3.78. The molecule has 0 bridgehead atoms. The van der Waals surface area contributed by atoms with Crippen LogP contribution in [0.1, 0.15) is 15.9 Å². The molecule has 0 unspecified atom stereocenters. The van der Waals surface area contributed by atoms with E-state index >= 15 is 0 Å². The zero-order chi connectivity index (χ0) is 19.3. The second-order valence-corrected chi connectivity index (χ2v) is 6.11. The van der Waals surface area contributed by atoms with E-state index in [0.717, 1.165) is 16.3 Å². The molecule has 3 aromatic carbocycles. The fourth-order valence-corrected chi connectivity index (χ4v) is 2.88. The Kier molecular flexibility index (Phi) is 4.88. The monoisotopic (exact) mass is 375 g/mol. The normalized spacial score (nSPS) is 12.3. The Bertz CT molecular complexity index is 1070. The summed E-state index contributed by atoms with van der Waals surface area (Å²) in [6.07, 6.45) is 1.58. The Labute approximate surface area is 161 Å². The molecule has 0 radical (unpaired) electrons. The number of amides is 2. The SMILES string of the molecule is O=C(CNC(=O)c1ccc2c(c1)OCO2)N/N=C\c1cccc2ccccc12. The first-order chi connectivity index (χ1) is 13.7. The maximum Gasteiger partial charge on any atom is 0.259 e. The highest BCUT2D eigenvalue weighted by molar-refractivity contribution is 6.00. The van der Waals surface area contributed by atoms with Gasteiger partial charge in [0.05, 0.1) is 12.8 Å². The molecule has 0 aromatic heterocycles. The van der Waals surface area contributed by atoms with E-state index in [-0.39, 0.29) is 19.2 Å². The van der Waals surface area contributed by atoms with Gasteiger partial charge in [-0.15, -0.1) is 0 Å². The molecule has 28 heavy (non-hydrogen) atoms. The van der Waals surface area contributed by atoms with Crippen molar-refractivity contribution in [2.24, 2.45) is 5.10 Å². The molecule has 0 atom stereocenters. The summed E-state index contributed by atoms with van der Waals surface area (Å²) in [5, 5.41) is 8.66. The number of carbonyl (C=O) groups excluding carboxylic acids is 2. The summed E-state index contributed by atoms with van der Waals surface area (Å²) in [5.41, 5.74) is 3.69. The van der Waals surface area contributed by atoms with Crippen LogP contribution in [0.25, 0.3) is 10.8 Å². The first-order valence-electron chi connectivity index (χ1n) is 8.68. The predicted molar refractivity (Wildman–Crippen MR) is 105 cm³/mol. The number of rotatable bonds is 5. The van der Waals surface area contributed by atoms with Crippen molar-refractivity contribution in [2.75, 3.05) is 13.3 Å². The van der Waals surface area contributed by atoms with E-state index in [2.05, 4.69) is 15.8 Å². The fourth-order valence-electron chi connectivity index (χ4n) is 2.88. The van der Waals surface area contributed by atoms with Crippen LogP contribution in [0.4, 0.5) is 0 Å². The Morgan fingerprint density at radius 3 is 2.75 bits per heavy atom. The van der Waals surface area contributed by atoms with Crippen molar-refractivity contribution in [3.8, 4) is 11.5 Å². The van der Waals surface area contributed by atoms with Crippen LogP contribution in [0.5, 0.6) is 11.5 Å². The molecule has 1 aliphatic rings. The van der Waals surface area contributed by atoms with Crippen molar-refractivity contribution in [1.29, 1.82) is 0 Å². The topological polar surface area (TPSA) is 89.0 Å². The molecular weight excluding hydrogens is 358 g/mol. The standard InChI is InChI=1S/C21H17N3O4/c25-20(12-22-21(26)15-8-9-18-19(10-15)28-13-27-18)24-23-11-16-6-3-5-14-4-1-2-7-17(14)16/h1-11H,12-13H2,(H,22,26)(H,24,25)/b23-11-. The first-order valence-corrected chi connectivity index (χ1v) is 8.68. The first kappa shape index (κ1) is 17.5. The van der Waals surface area contributed by atoms with Gasteiger partial charge in [-0.1, -0.05) is 42.5 Å². The number of benzene rings is 3. The van der Waals surface area contributed by atoms with E-state index in [0.29, 0.717) is 17.1 Å². The third-order valence-corrected chi connectivity index (χ3v) is 4.26. The molecule has 4 rings (SSSR count). The molecule has 0 saturated heterocycles. The zero-order valence-electron chi connectivity index (χ0n) is 14.8. The van der Waals surface area contributed by atoms with Crippen molar-refractivity contribution in [2.45, 2.75) is 0 Å². The van der Waals surface area contributed by atoms with Crippen LogP contribution in [0.2, 0.25) is 0 Å². The minimum Gasteiger partial charge on any atom is -0.454 e. The summed E-state index contributed by atoms with van der Waals surface area (Å²) < 4.78 is 10.4. The van der Waals surface area contributed by atoms with Crippen molar-refractivity contribution >= 4 is 28.8 Å². The maximum absolute atomic E-state index is 12.2. The fraction of sp³-hybridized carbons (Fsp3) is 0.0952. The number of fused-ring (bicyclic) bond motifs is 2. The van der Waals surface area contributed by atoms with Crippen LogP contribution in [-0.2, 0) is 4.79 Å². The van der Waals surface area contributed by atoms with Gasteiger partial charge in [0, 0.05) is 11.1 Å². The molecule has 7 nitrogen and oxygen atoms in total. The lowest BCUT2D eigenvalue weighted by atomic mass is 10.1. The summed E-state index contributed by atoms with van der Waals surface area (Å²) in [7, 11) is 0. The summed E-state index contributed by atoms with van der Waals surface area (Å²) in [6.45, 7) is -0.0579. The van der Waals surface area contributed by atoms with Gasteiger partial charge in [-0.25, -0.2) is 5.43 Å². The number of ether oxygens (including phenoxy) is 2. The molecule has 0 spiro atoms. The second-order valence-electron chi connectivity index (χ2n) is 6.11. The van der Waals surface area contributed by atoms with E-state index in [1.807, 2.05) is 42.5 Å². The van der Waals surface area contributed by atoms with Gasteiger partial charge < -0.3 is 14.8 Å². The Hall–Kier alpha value is -3.87. The zero-order valence-corrected chi connectivity index (χ0v) is 14.8. The summed E-state index contributed by atoms with van der Waals surface area (Å²) in [4.78, 5) is 24.1. The average molecular weight is 375 g/mol. The van der Waals surface area contributed by atoms with Gasteiger partial charge in [-0.05, 0) is 29.0 Å². The lowest BCUT2D eigenvalue weighted by Crippen LogP contribution is -2.34. The van der Waals surface area contributed by atoms with Gasteiger partial charge in [0.1, 0.15) is 0 Å². The number of nitrogens with zero attached hydrogens (tertiary/aromatic N) is 1. The van der Waals surface area contributed by atoms with Crippen LogP contribution in [0.3, 0.4) is 0 Å². The smallest absolute Gasteiger partial charge is 0.259 e. The van der Waals surface area contributed by atoms with Gasteiger partial charge >= 0.3 is 0 Å². The number of hydrazone groups is 1. The van der Waals surface area contributed by atoms with E-state index in [1.165, 1.54) is 0 Å². The maximum atomic E-state index is 12.2. The van der Waals surface area contributed by atoms with E-state index < -0.39 is 5.91 Å². The van der Waals surface area contributed by atoms with Crippen molar-refractivity contribution in [3.63, 3.8) is 0 Å². The molecule has 0 saturated carbocycles. The van der Waals surface area contributed by atoms with Crippen LogP contribution in [-0.4, -0.2) is 31.4 Å². The van der Waals surface area contributed by atoms with Crippen molar-refractivity contribution in [1.82, 2.24) is 10.7 Å². The molecule has 2 N–H and O–H groups in total. The van der Waals surface area contributed by atoms with Crippen LogP contribution in [0, 0.1) is 0 Å². The van der Waals surface area contributed by atoms with Gasteiger partial charge in [-0.2, -0.15) is 5.10 Å². The van der Waals surface area contributed by atoms with Crippen LogP contribution < -0.4 is 20.2 Å². The van der Waals surface area contributed by atoms with Gasteiger partial charge in [-0.3, -0.25) is 9.59 Å². The lowest BCUT2D eigenvalue weighted by molar-refractivity contribution is -0.120. The highest BCUT2D eigenvalue weighted by atomic mass is 16.7. The summed E-state index contributed by atoms with van der Waals surface area (Å²) in [6, 6.07) is 18.6. The highest BCUT2D eigenvalue weighted by Gasteiger charge is 2.16. The molecule has 140 valence electrons. The largest absolute Gasteiger partial charge is 0.454 e. The van der Waals surface area contributed by atoms with E-state index in [4.69, 9.17) is 9.47 Å². The molecule has 2 amide bonds. The van der Waals surface area contributed by atoms with Gasteiger partial charge in [0.25, 0.3) is 11.8 Å². The molecule has 1 aliphatic heterocycles. The molecule has 3 aromatic rings. The number of nitrogens with one attached hydrogen (secondary N) is 2. The third-order valence-electron chi connectivity index (χ3n) is 4.26. The number of hydrogen-bond donors (Lipinski definition) is 2. The van der Waals surface area contributed by atoms with Crippen LogP contribution in [0.15, 0.2) is 65.8 Å². The molecular formula is C21H17N3O4. The quantitative estimate of drug-likeness (QED) is 0.530. The molecule has 0 aliphatic carbocycles. The molecule has 1 heterocycles. The lowest BCUT2D eigenvalue weighted by Gasteiger charge is -2.05. The van der Waals surface area contributed by atoms with Gasteiger partial charge in [0.2, 0.25) is 6.79 Å². The Morgan fingerprint density at radius 2 is 1.82 bits per heavy atom. The Morgan fingerprint density at radius 1 is 1.00 bits per heavy atom. The predicted octanol–water partition coefficient (Wildman–Crippen LogP) is 2.45. The minimum atomic E-state index is -0.425. The van der Waals surface area contributed by atoms with Gasteiger partial charge in [0.15, 0.2) is 11.5 Å².